The first-order chi connectivity index (χ1) is 14.0. The van der Waals surface area contributed by atoms with Crippen LogP contribution in [0.25, 0.3) is 11.3 Å². The summed E-state index contributed by atoms with van der Waals surface area (Å²) in [6.07, 6.45) is -0.232. The molecule has 0 radical (unpaired) electrons. The second-order valence-electron chi connectivity index (χ2n) is 7.25. The highest BCUT2D eigenvalue weighted by Crippen LogP contribution is 2.37. The predicted molar refractivity (Wildman–Crippen MR) is 112 cm³/mol. The summed E-state index contributed by atoms with van der Waals surface area (Å²) in [5, 5.41) is 16.8. The van der Waals surface area contributed by atoms with E-state index < -0.39 is 11.6 Å². The summed E-state index contributed by atoms with van der Waals surface area (Å²) in [7, 11) is 0. The Labute approximate surface area is 172 Å². The summed E-state index contributed by atoms with van der Waals surface area (Å²) in [6.45, 7) is 2.47. The maximum Gasteiger partial charge on any atom is 0.217 e. The molecule has 3 aromatic rings. The van der Waals surface area contributed by atoms with Gasteiger partial charge in [0, 0.05) is 31.0 Å². The van der Waals surface area contributed by atoms with Crippen LogP contribution >= 0.6 is 11.3 Å². The Morgan fingerprint density at radius 2 is 1.97 bits per heavy atom. The second kappa shape index (κ2) is 7.93. The molecular formula is C22H22FN3O2S. The Balaban J connectivity index is 1.57. The molecule has 2 atom stereocenters. The van der Waals surface area contributed by atoms with Crippen LogP contribution in [0.3, 0.4) is 0 Å². The highest BCUT2D eigenvalue weighted by Gasteiger charge is 2.44. The van der Waals surface area contributed by atoms with Gasteiger partial charge in [-0.15, -0.1) is 11.3 Å². The number of thiazole rings is 1. The molecule has 1 aromatic heterocycles. The van der Waals surface area contributed by atoms with E-state index in [1.165, 1.54) is 30.4 Å². The molecule has 0 spiro atoms. The summed E-state index contributed by atoms with van der Waals surface area (Å²) in [5.41, 5.74) is 1.71. The van der Waals surface area contributed by atoms with Crippen LogP contribution in [0.4, 0.5) is 9.52 Å². The number of β-amino-alcohol motifs (C(OH)–C–C–N with tert-alkyl or cyclic N) is 1. The van der Waals surface area contributed by atoms with Crippen molar-refractivity contribution in [2.75, 3.05) is 18.0 Å². The van der Waals surface area contributed by atoms with Gasteiger partial charge in [0.15, 0.2) is 5.13 Å². The Morgan fingerprint density at radius 1 is 1.24 bits per heavy atom. The van der Waals surface area contributed by atoms with Gasteiger partial charge in [0.05, 0.1) is 17.3 Å². The van der Waals surface area contributed by atoms with Crippen molar-refractivity contribution in [3.05, 3.63) is 71.4 Å². The number of piperidine rings is 1. The number of nitrogens with one attached hydrogen (secondary N) is 1. The number of amides is 1. The zero-order valence-corrected chi connectivity index (χ0v) is 16.8. The summed E-state index contributed by atoms with van der Waals surface area (Å²) in [4.78, 5) is 18.6. The molecule has 0 unspecified atom stereocenters. The van der Waals surface area contributed by atoms with Crippen LogP contribution in [-0.2, 0) is 10.3 Å². The van der Waals surface area contributed by atoms with Crippen molar-refractivity contribution >= 4 is 22.4 Å². The number of carbonyl (C=O) groups is 1. The van der Waals surface area contributed by atoms with E-state index in [9.17, 15) is 14.3 Å². The van der Waals surface area contributed by atoms with Crippen molar-refractivity contribution in [3.63, 3.8) is 0 Å². The maximum atomic E-state index is 13.2. The van der Waals surface area contributed by atoms with Gasteiger partial charge in [-0.05, 0) is 36.2 Å². The third-order valence-electron chi connectivity index (χ3n) is 5.33. The van der Waals surface area contributed by atoms with Crippen LogP contribution in [0.5, 0.6) is 0 Å². The summed E-state index contributed by atoms with van der Waals surface area (Å²) >= 11 is 1.49. The second-order valence-corrected chi connectivity index (χ2v) is 8.09. The summed E-state index contributed by atoms with van der Waals surface area (Å²) in [5.74, 6) is -0.451. The van der Waals surface area contributed by atoms with Crippen molar-refractivity contribution in [1.29, 1.82) is 0 Å². The lowest BCUT2D eigenvalue weighted by molar-refractivity contribution is -0.123. The van der Waals surface area contributed by atoms with E-state index in [0.29, 0.717) is 19.5 Å². The Kier molecular flexibility index (Phi) is 5.34. The monoisotopic (exact) mass is 411 g/mol. The summed E-state index contributed by atoms with van der Waals surface area (Å²) in [6, 6.07) is 15.9. The van der Waals surface area contributed by atoms with Crippen LogP contribution < -0.4 is 10.2 Å². The molecule has 0 saturated carbocycles. The van der Waals surface area contributed by atoms with Crippen LogP contribution in [-0.4, -0.2) is 35.2 Å². The highest BCUT2D eigenvalue weighted by atomic mass is 32.1. The van der Waals surface area contributed by atoms with Crippen molar-refractivity contribution < 1.29 is 14.3 Å². The average molecular weight is 412 g/mol. The number of nitrogens with zero attached hydrogens (tertiary/aromatic N) is 2. The molecule has 4 rings (SSSR count). The topological polar surface area (TPSA) is 65.5 Å². The fourth-order valence-corrected chi connectivity index (χ4v) is 4.75. The number of rotatable bonds is 4. The number of anilines is 1. The van der Waals surface area contributed by atoms with Crippen molar-refractivity contribution in [2.24, 2.45) is 0 Å². The molecule has 0 bridgehead atoms. The zero-order valence-electron chi connectivity index (χ0n) is 16.0. The summed E-state index contributed by atoms with van der Waals surface area (Å²) < 4.78 is 13.2. The lowest BCUT2D eigenvalue weighted by atomic mass is 9.78. The predicted octanol–water partition coefficient (Wildman–Crippen LogP) is 3.55. The number of hydrogen-bond acceptors (Lipinski definition) is 5. The van der Waals surface area contributed by atoms with Crippen molar-refractivity contribution in [2.45, 2.75) is 25.0 Å². The standard InChI is InChI=1S/C22H22FN3O2S/c1-15(27)25-22(17-5-3-2-4-6-17)11-12-26(13-20(22)28)21-24-19(14-29-21)16-7-9-18(23)10-8-16/h2-10,14,20,28H,11-13H2,1H3,(H,25,27)/t20-,22-/m1/s1. The minimum absolute atomic E-state index is 0.172. The average Bonchev–Trinajstić information content (AvgIpc) is 3.20. The molecule has 1 fully saturated rings. The Hall–Kier alpha value is -2.77. The van der Waals surface area contributed by atoms with Gasteiger partial charge in [0.2, 0.25) is 5.91 Å². The molecule has 1 saturated heterocycles. The number of halogens is 1. The van der Waals surface area contributed by atoms with Gasteiger partial charge in [-0.3, -0.25) is 4.79 Å². The van der Waals surface area contributed by atoms with Gasteiger partial charge < -0.3 is 15.3 Å². The van der Waals surface area contributed by atoms with Crippen LogP contribution in [0, 0.1) is 5.82 Å². The van der Waals surface area contributed by atoms with E-state index >= 15 is 0 Å². The van der Waals surface area contributed by atoms with E-state index in [1.54, 1.807) is 12.1 Å². The number of hydrogen-bond donors (Lipinski definition) is 2. The van der Waals surface area contributed by atoms with Crippen molar-refractivity contribution in [1.82, 2.24) is 10.3 Å². The SMILES string of the molecule is CC(=O)N[C@@]1(c2ccccc2)CCN(c2nc(-c3ccc(F)cc3)cs2)C[C@H]1O. The van der Waals surface area contributed by atoms with Gasteiger partial charge in [-0.1, -0.05) is 30.3 Å². The highest BCUT2D eigenvalue weighted by molar-refractivity contribution is 7.14. The maximum absolute atomic E-state index is 13.2. The van der Waals surface area contributed by atoms with E-state index in [2.05, 4.69) is 10.3 Å². The Bertz CT molecular complexity index is 993. The lowest BCUT2D eigenvalue weighted by Crippen LogP contribution is -2.61. The number of aliphatic hydroxyl groups excluding tert-OH is 1. The third kappa shape index (κ3) is 3.88. The minimum Gasteiger partial charge on any atom is -0.388 e. The van der Waals surface area contributed by atoms with Gasteiger partial charge in [0.1, 0.15) is 5.82 Å². The smallest absolute Gasteiger partial charge is 0.217 e. The lowest BCUT2D eigenvalue weighted by Gasteiger charge is -2.46. The largest absolute Gasteiger partial charge is 0.388 e. The van der Waals surface area contributed by atoms with Gasteiger partial charge in [-0.2, -0.15) is 0 Å². The van der Waals surface area contributed by atoms with Gasteiger partial charge in [-0.25, -0.2) is 9.37 Å². The number of carbonyl (C=O) groups excluding carboxylic acids is 1. The fourth-order valence-electron chi connectivity index (χ4n) is 3.87. The molecule has 1 aliphatic rings. The third-order valence-corrected chi connectivity index (χ3v) is 6.23. The molecule has 5 nitrogen and oxygen atoms in total. The van der Waals surface area contributed by atoms with Gasteiger partial charge in [0.25, 0.3) is 0 Å². The number of aliphatic hydroxyl groups is 1. The fraction of sp³-hybridized carbons (Fsp3) is 0.273. The first-order valence-electron chi connectivity index (χ1n) is 9.47. The molecular weight excluding hydrogens is 389 g/mol. The normalized spacial score (nSPS) is 21.8. The minimum atomic E-state index is -0.819. The quantitative estimate of drug-likeness (QED) is 0.689. The van der Waals surface area contributed by atoms with E-state index in [4.69, 9.17) is 0 Å². The van der Waals surface area contributed by atoms with Crippen LogP contribution in [0.2, 0.25) is 0 Å². The molecule has 150 valence electrons. The van der Waals surface area contributed by atoms with E-state index in [1.807, 2.05) is 40.6 Å². The molecule has 0 aliphatic carbocycles. The Morgan fingerprint density at radius 3 is 2.62 bits per heavy atom. The molecule has 2 heterocycles. The van der Waals surface area contributed by atoms with Crippen LogP contribution in [0.1, 0.15) is 18.9 Å². The number of aromatic nitrogens is 1. The molecule has 7 heteroatoms. The molecule has 2 aromatic carbocycles. The van der Waals surface area contributed by atoms with E-state index in [-0.39, 0.29) is 11.7 Å². The van der Waals surface area contributed by atoms with Crippen LogP contribution in [0.15, 0.2) is 60.0 Å². The zero-order chi connectivity index (χ0) is 20.4. The molecule has 2 N–H and O–H groups in total. The van der Waals surface area contributed by atoms with E-state index in [0.717, 1.165) is 22.0 Å². The first-order valence-corrected chi connectivity index (χ1v) is 10.3. The van der Waals surface area contributed by atoms with Crippen molar-refractivity contribution in [3.8, 4) is 11.3 Å². The van der Waals surface area contributed by atoms with Gasteiger partial charge >= 0.3 is 0 Å². The first kappa shape index (κ1) is 19.5. The number of benzene rings is 2. The molecule has 1 aliphatic heterocycles. The molecule has 29 heavy (non-hydrogen) atoms. The molecule has 1 amide bonds.